The van der Waals surface area contributed by atoms with Gasteiger partial charge in [-0.3, -0.25) is 0 Å². The SMILES string of the molecule is CC(C)(C)c1ccc(-n2nccc2S(=O)(=O)N2CCNCC2)cc1. The molecule has 130 valence electrons. The molecular formula is C17H24N4O2S. The molecule has 0 amide bonds. The van der Waals surface area contributed by atoms with Crippen molar-refractivity contribution in [2.24, 2.45) is 0 Å². The van der Waals surface area contributed by atoms with Crippen LogP contribution in [0.2, 0.25) is 0 Å². The Morgan fingerprint density at radius 2 is 1.67 bits per heavy atom. The van der Waals surface area contributed by atoms with Crippen LogP contribution in [0.3, 0.4) is 0 Å². The van der Waals surface area contributed by atoms with Crippen molar-refractivity contribution in [3.05, 3.63) is 42.1 Å². The summed E-state index contributed by atoms with van der Waals surface area (Å²) in [7, 11) is -3.54. The number of benzene rings is 1. The van der Waals surface area contributed by atoms with Crippen molar-refractivity contribution in [1.29, 1.82) is 0 Å². The molecule has 0 saturated carbocycles. The molecule has 0 atom stereocenters. The van der Waals surface area contributed by atoms with Gasteiger partial charge in [-0.05, 0) is 29.2 Å². The van der Waals surface area contributed by atoms with Crippen LogP contribution >= 0.6 is 0 Å². The smallest absolute Gasteiger partial charge is 0.260 e. The number of aromatic nitrogens is 2. The van der Waals surface area contributed by atoms with Crippen LogP contribution in [-0.2, 0) is 15.4 Å². The fourth-order valence-corrected chi connectivity index (χ4v) is 4.33. The highest BCUT2D eigenvalue weighted by Crippen LogP contribution is 2.25. The zero-order valence-electron chi connectivity index (χ0n) is 14.4. The summed E-state index contributed by atoms with van der Waals surface area (Å²) in [5, 5.41) is 7.62. The van der Waals surface area contributed by atoms with E-state index >= 15 is 0 Å². The highest BCUT2D eigenvalue weighted by molar-refractivity contribution is 7.89. The Labute approximate surface area is 143 Å². The zero-order valence-corrected chi connectivity index (χ0v) is 15.2. The summed E-state index contributed by atoms with van der Waals surface area (Å²) >= 11 is 0. The number of hydrogen-bond acceptors (Lipinski definition) is 4. The fourth-order valence-electron chi connectivity index (χ4n) is 2.80. The number of nitrogens with zero attached hydrogens (tertiary/aromatic N) is 3. The highest BCUT2D eigenvalue weighted by atomic mass is 32.2. The van der Waals surface area contributed by atoms with Crippen LogP contribution < -0.4 is 5.32 Å². The van der Waals surface area contributed by atoms with E-state index in [0.717, 1.165) is 5.69 Å². The normalized spacial score (nSPS) is 17.1. The van der Waals surface area contributed by atoms with Crippen molar-refractivity contribution in [2.45, 2.75) is 31.2 Å². The first-order valence-corrected chi connectivity index (χ1v) is 9.60. The second kappa shape index (κ2) is 6.31. The molecule has 2 aromatic rings. The Kier molecular flexibility index (Phi) is 4.50. The van der Waals surface area contributed by atoms with E-state index in [9.17, 15) is 8.42 Å². The summed E-state index contributed by atoms with van der Waals surface area (Å²) in [6, 6.07) is 9.46. The molecule has 1 saturated heterocycles. The number of hydrogen-bond donors (Lipinski definition) is 1. The van der Waals surface area contributed by atoms with Gasteiger partial charge in [0.2, 0.25) is 0 Å². The van der Waals surface area contributed by atoms with Crippen molar-refractivity contribution in [3.8, 4) is 5.69 Å². The third-order valence-corrected chi connectivity index (χ3v) is 6.15. The van der Waals surface area contributed by atoms with Gasteiger partial charge < -0.3 is 5.32 Å². The van der Waals surface area contributed by atoms with Gasteiger partial charge in [0.25, 0.3) is 10.0 Å². The Balaban J connectivity index is 1.96. The summed E-state index contributed by atoms with van der Waals surface area (Å²) in [6.45, 7) is 8.76. The van der Waals surface area contributed by atoms with E-state index < -0.39 is 10.0 Å². The number of sulfonamides is 1. The molecule has 0 radical (unpaired) electrons. The van der Waals surface area contributed by atoms with Crippen LogP contribution in [0.5, 0.6) is 0 Å². The standard InChI is InChI=1S/C17H24N4O2S/c1-17(2,3)14-4-6-15(7-5-14)21-16(8-9-19-21)24(22,23)20-12-10-18-11-13-20/h4-9,18H,10-13H2,1-3H3. The van der Waals surface area contributed by atoms with E-state index in [1.807, 2.05) is 24.3 Å². The molecule has 24 heavy (non-hydrogen) atoms. The van der Waals surface area contributed by atoms with Crippen LogP contribution in [0.25, 0.3) is 5.69 Å². The van der Waals surface area contributed by atoms with E-state index in [-0.39, 0.29) is 10.4 Å². The molecule has 0 bridgehead atoms. The van der Waals surface area contributed by atoms with Gasteiger partial charge in [-0.15, -0.1) is 0 Å². The van der Waals surface area contributed by atoms with Crippen LogP contribution in [0.15, 0.2) is 41.6 Å². The Bertz CT molecular complexity index is 798. The largest absolute Gasteiger partial charge is 0.314 e. The van der Waals surface area contributed by atoms with Gasteiger partial charge in [0, 0.05) is 26.2 Å². The van der Waals surface area contributed by atoms with E-state index in [0.29, 0.717) is 26.2 Å². The first-order valence-electron chi connectivity index (χ1n) is 8.16. The maximum Gasteiger partial charge on any atom is 0.260 e. The van der Waals surface area contributed by atoms with Crippen molar-refractivity contribution >= 4 is 10.0 Å². The summed E-state index contributed by atoms with van der Waals surface area (Å²) in [6.07, 6.45) is 1.53. The van der Waals surface area contributed by atoms with Crippen LogP contribution in [-0.4, -0.2) is 48.7 Å². The van der Waals surface area contributed by atoms with Gasteiger partial charge in [-0.2, -0.15) is 9.40 Å². The number of rotatable bonds is 3. The quantitative estimate of drug-likeness (QED) is 0.918. The average molecular weight is 348 g/mol. The third kappa shape index (κ3) is 3.24. The second-order valence-corrected chi connectivity index (χ2v) is 8.92. The van der Waals surface area contributed by atoms with Gasteiger partial charge in [0.1, 0.15) is 0 Å². The highest BCUT2D eigenvalue weighted by Gasteiger charge is 2.29. The van der Waals surface area contributed by atoms with Gasteiger partial charge >= 0.3 is 0 Å². The average Bonchev–Trinajstić information content (AvgIpc) is 3.05. The molecule has 1 fully saturated rings. The summed E-state index contributed by atoms with van der Waals surface area (Å²) in [4.78, 5) is 0. The monoisotopic (exact) mass is 348 g/mol. The molecule has 0 aliphatic carbocycles. The van der Waals surface area contributed by atoms with E-state index in [4.69, 9.17) is 0 Å². The van der Waals surface area contributed by atoms with Gasteiger partial charge in [0.15, 0.2) is 5.03 Å². The lowest BCUT2D eigenvalue weighted by molar-refractivity contribution is 0.358. The van der Waals surface area contributed by atoms with E-state index in [1.165, 1.54) is 20.7 Å². The van der Waals surface area contributed by atoms with Crippen LogP contribution in [0, 0.1) is 0 Å². The Morgan fingerprint density at radius 3 is 2.25 bits per heavy atom. The van der Waals surface area contributed by atoms with E-state index in [1.54, 1.807) is 6.07 Å². The van der Waals surface area contributed by atoms with Crippen LogP contribution in [0.4, 0.5) is 0 Å². The lowest BCUT2D eigenvalue weighted by Gasteiger charge is -2.26. The minimum Gasteiger partial charge on any atom is -0.314 e. The summed E-state index contributed by atoms with van der Waals surface area (Å²) in [5.41, 5.74) is 2.00. The van der Waals surface area contributed by atoms with Gasteiger partial charge in [-0.25, -0.2) is 13.1 Å². The molecule has 7 heteroatoms. The minimum absolute atomic E-state index is 0.0539. The predicted octanol–water partition coefficient (Wildman–Crippen LogP) is 1.76. The topological polar surface area (TPSA) is 67.2 Å². The lowest BCUT2D eigenvalue weighted by Crippen LogP contribution is -2.46. The molecule has 6 nitrogen and oxygen atoms in total. The molecule has 2 heterocycles. The Morgan fingerprint density at radius 1 is 1.04 bits per heavy atom. The number of piperazine rings is 1. The zero-order chi connectivity index (χ0) is 17.4. The molecule has 1 aromatic heterocycles. The van der Waals surface area contributed by atoms with Crippen molar-refractivity contribution < 1.29 is 8.42 Å². The summed E-state index contributed by atoms with van der Waals surface area (Å²) < 4.78 is 28.8. The number of nitrogens with one attached hydrogen (secondary N) is 1. The molecule has 1 aromatic carbocycles. The first kappa shape index (κ1) is 17.1. The molecule has 3 rings (SSSR count). The molecule has 0 unspecified atom stereocenters. The van der Waals surface area contributed by atoms with Crippen molar-refractivity contribution in [2.75, 3.05) is 26.2 Å². The maximum absolute atomic E-state index is 12.9. The molecule has 1 aliphatic heterocycles. The third-order valence-electron chi connectivity index (χ3n) is 4.27. The fraction of sp³-hybridized carbons (Fsp3) is 0.471. The van der Waals surface area contributed by atoms with Gasteiger partial charge in [-0.1, -0.05) is 32.9 Å². The van der Waals surface area contributed by atoms with Crippen LogP contribution in [0.1, 0.15) is 26.3 Å². The minimum atomic E-state index is -3.54. The second-order valence-electron chi connectivity index (χ2n) is 7.03. The molecular weight excluding hydrogens is 324 g/mol. The summed E-state index contributed by atoms with van der Waals surface area (Å²) in [5.74, 6) is 0. The van der Waals surface area contributed by atoms with E-state index in [2.05, 4.69) is 31.2 Å². The van der Waals surface area contributed by atoms with Crippen molar-refractivity contribution in [1.82, 2.24) is 19.4 Å². The van der Waals surface area contributed by atoms with Crippen molar-refractivity contribution in [3.63, 3.8) is 0 Å². The first-order chi connectivity index (χ1) is 11.3. The lowest BCUT2D eigenvalue weighted by atomic mass is 9.87. The Hall–Kier alpha value is -1.70. The molecule has 1 aliphatic rings. The molecule has 0 spiro atoms. The predicted molar refractivity (Wildman–Crippen MR) is 93.9 cm³/mol. The van der Waals surface area contributed by atoms with Gasteiger partial charge in [0.05, 0.1) is 11.9 Å². The molecule has 1 N–H and O–H groups in total. The maximum atomic E-state index is 12.9.